The van der Waals surface area contributed by atoms with Crippen molar-refractivity contribution in [3.63, 3.8) is 0 Å². The fraction of sp³-hybridized carbons (Fsp3) is 1.00. The summed E-state index contributed by atoms with van der Waals surface area (Å²) in [6.07, 6.45) is 4.02. The third-order valence-corrected chi connectivity index (χ3v) is 3.09. The lowest BCUT2D eigenvalue weighted by atomic mass is 9.44. The molecule has 0 aromatic carbocycles. The van der Waals surface area contributed by atoms with Gasteiger partial charge in [-0.05, 0) is 33.4 Å². The van der Waals surface area contributed by atoms with Crippen molar-refractivity contribution in [2.75, 3.05) is 14.1 Å². The minimum absolute atomic E-state index is 0. The van der Waals surface area contributed by atoms with E-state index in [4.69, 9.17) is 0 Å². The van der Waals surface area contributed by atoms with Gasteiger partial charge in [-0.3, -0.25) is 0 Å². The molecule has 3 rings (SSSR count). The second-order valence-electron chi connectivity index (χ2n) is 3.59. The predicted molar refractivity (Wildman–Crippen MR) is 44.7 cm³/mol. The van der Waals surface area contributed by atoms with Crippen LogP contribution in [0, 0.1) is 0 Å². The largest absolute Gasteiger partial charge is 0.314 e. The van der Waals surface area contributed by atoms with Crippen molar-refractivity contribution in [3.05, 3.63) is 0 Å². The SMILES string of the molecule is CNC12CC(NC)(C1)C2.Cl. The molecule has 0 heterocycles. The Labute approximate surface area is 68.2 Å². The zero-order chi connectivity index (χ0) is 6.54. The summed E-state index contributed by atoms with van der Waals surface area (Å²) in [4.78, 5) is 0. The Kier molecular flexibility index (Phi) is 1.74. The Morgan fingerprint density at radius 1 is 0.900 bits per heavy atom. The molecule has 3 aliphatic carbocycles. The average Bonchev–Trinajstić information content (AvgIpc) is 1.62. The van der Waals surface area contributed by atoms with E-state index in [9.17, 15) is 0 Å². The molecule has 2 nitrogen and oxygen atoms in total. The smallest absolute Gasteiger partial charge is 0.0231 e. The number of nitrogens with one attached hydrogen (secondary N) is 2. The molecule has 0 unspecified atom stereocenters. The van der Waals surface area contributed by atoms with E-state index < -0.39 is 0 Å². The molecular formula is C7H15ClN2. The minimum atomic E-state index is 0. The topological polar surface area (TPSA) is 24.1 Å². The van der Waals surface area contributed by atoms with Gasteiger partial charge in [0.1, 0.15) is 0 Å². The highest BCUT2D eigenvalue weighted by molar-refractivity contribution is 5.85. The van der Waals surface area contributed by atoms with E-state index in [0.29, 0.717) is 11.1 Å². The van der Waals surface area contributed by atoms with Gasteiger partial charge in [0, 0.05) is 11.1 Å². The van der Waals surface area contributed by atoms with E-state index in [0.717, 1.165) is 0 Å². The van der Waals surface area contributed by atoms with Gasteiger partial charge in [0.25, 0.3) is 0 Å². The van der Waals surface area contributed by atoms with Gasteiger partial charge in [-0.25, -0.2) is 0 Å². The van der Waals surface area contributed by atoms with E-state index in [1.54, 1.807) is 0 Å². The van der Waals surface area contributed by atoms with E-state index in [1.165, 1.54) is 19.3 Å². The zero-order valence-electron chi connectivity index (χ0n) is 6.53. The van der Waals surface area contributed by atoms with Crippen molar-refractivity contribution in [1.82, 2.24) is 10.6 Å². The highest BCUT2D eigenvalue weighted by atomic mass is 35.5. The third kappa shape index (κ3) is 0.728. The highest BCUT2D eigenvalue weighted by Gasteiger charge is 2.66. The lowest BCUT2D eigenvalue weighted by Crippen LogP contribution is -2.81. The summed E-state index contributed by atoms with van der Waals surface area (Å²) in [5, 5.41) is 6.73. The quantitative estimate of drug-likeness (QED) is 0.619. The zero-order valence-corrected chi connectivity index (χ0v) is 7.35. The molecule has 60 valence electrons. The van der Waals surface area contributed by atoms with Gasteiger partial charge < -0.3 is 10.6 Å². The number of hydrogen-bond donors (Lipinski definition) is 2. The van der Waals surface area contributed by atoms with Crippen LogP contribution in [0.2, 0.25) is 0 Å². The molecule has 0 atom stereocenters. The summed E-state index contributed by atoms with van der Waals surface area (Å²) < 4.78 is 0. The third-order valence-electron chi connectivity index (χ3n) is 3.09. The molecular weight excluding hydrogens is 148 g/mol. The molecule has 10 heavy (non-hydrogen) atoms. The predicted octanol–water partition coefficient (Wildman–Crippen LogP) is 0.522. The van der Waals surface area contributed by atoms with Crippen molar-refractivity contribution in [3.8, 4) is 0 Å². The van der Waals surface area contributed by atoms with Crippen LogP contribution in [0.4, 0.5) is 0 Å². The van der Waals surface area contributed by atoms with Crippen LogP contribution < -0.4 is 10.6 Å². The summed E-state index contributed by atoms with van der Waals surface area (Å²) in [5.41, 5.74) is 1.12. The van der Waals surface area contributed by atoms with E-state index in [1.807, 2.05) is 0 Å². The maximum Gasteiger partial charge on any atom is 0.0231 e. The van der Waals surface area contributed by atoms with Crippen LogP contribution in [0.3, 0.4) is 0 Å². The van der Waals surface area contributed by atoms with Crippen molar-refractivity contribution in [2.24, 2.45) is 0 Å². The molecule has 3 saturated carbocycles. The Bertz CT molecular complexity index is 113. The maximum atomic E-state index is 3.36. The fourth-order valence-electron chi connectivity index (χ4n) is 2.32. The molecule has 3 heteroatoms. The first-order valence-corrected chi connectivity index (χ1v) is 3.62. The van der Waals surface area contributed by atoms with Crippen molar-refractivity contribution in [2.45, 2.75) is 30.3 Å². The van der Waals surface area contributed by atoms with Gasteiger partial charge >= 0.3 is 0 Å². The molecule has 0 amide bonds. The maximum absolute atomic E-state index is 3.36. The number of rotatable bonds is 2. The van der Waals surface area contributed by atoms with Crippen LogP contribution in [0.1, 0.15) is 19.3 Å². The molecule has 0 aliphatic heterocycles. The first-order valence-electron chi connectivity index (χ1n) is 3.62. The fourth-order valence-corrected chi connectivity index (χ4v) is 2.32. The van der Waals surface area contributed by atoms with Crippen LogP contribution >= 0.6 is 12.4 Å². The Morgan fingerprint density at radius 3 is 1.40 bits per heavy atom. The van der Waals surface area contributed by atoms with Gasteiger partial charge in [0.15, 0.2) is 0 Å². The Balaban J connectivity index is 0.000000500. The normalized spacial score (nSPS) is 48.6. The summed E-state index contributed by atoms with van der Waals surface area (Å²) >= 11 is 0. The average molecular weight is 163 g/mol. The first-order chi connectivity index (χ1) is 4.24. The molecule has 2 N–H and O–H groups in total. The molecule has 3 aliphatic rings. The standard InChI is InChI=1S/C7H14N2.ClH/c1-8-6-3-7(4-6,5-6)9-2;/h8-9H,3-5H2,1-2H3;1H. The van der Waals surface area contributed by atoms with Crippen molar-refractivity contribution in [1.29, 1.82) is 0 Å². The van der Waals surface area contributed by atoms with Crippen LogP contribution in [-0.4, -0.2) is 25.2 Å². The summed E-state index contributed by atoms with van der Waals surface area (Å²) in [6, 6.07) is 0. The lowest BCUT2D eigenvalue weighted by molar-refractivity contribution is -0.0955. The lowest BCUT2D eigenvalue weighted by Gasteiger charge is -2.70. The molecule has 0 spiro atoms. The second-order valence-corrected chi connectivity index (χ2v) is 3.59. The van der Waals surface area contributed by atoms with Crippen LogP contribution in [0.15, 0.2) is 0 Å². The first kappa shape index (κ1) is 8.31. The summed E-state index contributed by atoms with van der Waals surface area (Å²) in [7, 11) is 4.14. The molecule has 2 bridgehead atoms. The molecule has 0 aromatic heterocycles. The second kappa shape index (κ2) is 2.10. The number of hydrogen-bond acceptors (Lipinski definition) is 2. The molecule has 3 fully saturated rings. The van der Waals surface area contributed by atoms with Crippen LogP contribution in [0.25, 0.3) is 0 Å². The highest BCUT2D eigenvalue weighted by Crippen LogP contribution is 2.59. The minimum Gasteiger partial charge on any atom is -0.314 e. The molecule has 0 aromatic rings. The molecule has 0 saturated heterocycles. The van der Waals surface area contributed by atoms with Crippen LogP contribution in [0.5, 0.6) is 0 Å². The van der Waals surface area contributed by atoms with Gasteiger partial charge in [-0.1, -0.05) is 0 Å². The Morgan fingerprint density at radius 2 is 1.20 bits per heavy atom. The monoisotopic (exact) mass is 162 g/mol. The summed E-state index contributed by atoms with van der Waals surface area (Å²) in [6.45, 7) is 0. The summed E-state index contributed by atoms with van der Waals surface area (Å²) in [5.74, 6) is 0. The number of halogens is 1. The van der Waals surface area contributed by atoms with Crippen molar-refractivity contribution >= 4 is 12.4 Å². The Hall–Kier alpha value is 0.210. The van der Waals surface area contributed by atoms with Gasteiger partial charge in [-0.2, -0.15) is 0 Å². The van der Waals surface area contributed by atoms with E-state index in [2.05, 4.69) is 24.7 Å². The molecule has 0 radical (unpaired) electrons. The van der Waals surface area contributed by atoms with Crippen LogP contribution in [-0.2, 0) is 0 Å². The van der Waals surface area contributed by atoms with Gasteiger partial charge in [0.05, 0.1) is 0 Å². The van der Waals surface area contributed by atoms with Gasteiger partial charge in [-0.15, -0.1) is 12.4 Å². The van der Waals surface area contributed by atoms with E-state index >= 15 is 0 Å². The van der Waals surface area contributed by atoms with E-state index in [-0.39, 0.29) is 12.4 Å². The van der Waals surface area contributed by atoms with Crippen molar-refractivity contribution < 1.29 is 0 Å². The van der Waals surface area contributed by atoms with Gasteiger partial charge in [0.2, 0.25) is 0 Å².